The third-order valence-electron chi connectivity index (χ3n) is 2.58. The molecule has 0 saturated heterocycles. The normalized spacial score (nSPS) is 14.5. The number of benzene rings is 1. The molecule has 1 aliphatic rings. The molecule has 1 aliphatic heterocycles. The molecule has 3 nitrogen and oxygen atoms in total. The third-order valence-corrected chi connectivity index (χ3v) is 3.27. The van der Waals surface area contributed by atoms with Crippen LogP contribution in [0.1, 0.15) is 18.9 Å². The fourth-order valence-corrected chi connectivity index (χ4v) is 2.26. The van der Waals surface area contributed by atoms with Gasteiger partial charge in [-0.1, -0.05) is 6.92 Å². The maximum atomic E-state index is 11.7. The van der Waals surface area contributed by atoms with E-state index in [1.54, 1.807) is 0 Å². The van der Waals surface area contributed by atoms with Crippen molar-refractivity contribution in [1.29, 1.82) is 0 Å². The van der Waals surface area contributed by atoms with E-state index in [9.17, 15) is 4.79 Å². The molecule has 1 aromatic carbocycles. The van der Waals surface area contributed by atoms with Crippen molar-refractivity contribution < 1.29 is 4.79 Å². The van der Waals surface area contributed by atoms with Crippen molar-refractivity contribution >= 4 is 33.2 Å². The van der Waals surface area contributed by atoms with Crippen LogP contribution in [-0.4, -0.2) is 12.5 Å². The van der Waals surface area contributed by atoms with Gasteiger partial charge in [-0.2, -0.15) is 0 Å². The zero-order chi connectivity index (χ0) is 11.0. The average molecular weight is 269 g/mol. The van der Waals surface area contributed by atoms with Gasteiger partial charge in [-0.05, 0) is 40.0 Å². The smallest absolute Gasteiger partial charge is 0.231 e. The molecule has 2 N–H and O–H groups in total. The van der Waals surface area contributed by atoms with Gasteiger partial charge < -0.3 is 10.6 Å². The standard InChI is InChI=1S/C11H13BrN2O/c1-2-3-14-10-6-9(13)8(12)4-7(10)5-11(14)15/h4,6H,2-3,5,13H2,1H3. The Kier molecular flexibility index (Phi) is 2.69. The van der Waals surface area contributed by atoms with E-state index in [4.69, 9.17) is 5.73 Å². The summed E-state index contributed by atoms with van der Waals surface area (Å²) < 4.78 is 0.868. The Labute approximate surface area is 97.4 Å². The summed E-state index contributed by atoms with van der Waals surface area (Å²) in [4.78, 5) is 13.5. The van der Waals surface area contributed by atoms with Gasteiger partial charge in [-0.15, -0.1) is 0 Å². The first-order valence-electron chi connectivity index (χ1n) is 5.01. The number of hydrogen-bond acceptors (Lipinski definition) is 2. The number of halogens is 1. The van der Waals surface area contributed by atoms with Crippen LogP contribution in [0.15, 0.2) is 16.6 Å². The maximum absolute atomic E-state index is 11.7. The van der Waals surface area contributed by atoms with Crippen molar-refractivity contribution in [1.82, 2.24) is 0 Å². The molecule has 0 saturated carbocycles. The molecule has 80 valence electrons. The van der Waals surface area contributed by atoms with Crippen LogP contribution in [0.2, 0.25) is 0 Å². The molecule has 1 aromatic rings. The highest BCUT2D eigenvalue weighted by Gasteiger charge is 2.27. The first-order chi connectivity index (χ1) is 7.13. The zero-order valence-corrected chi connectivity index (χ0v) is 10.2. The van der Waals surface area contributed by atoms with E-state index in [1.165, 1.54) is 0 Å². The Hall–Kier alpha value is -1.03. The maximum Gasteiger partial charge on any atom is 0.231 e. The summed E-state index contributed by atoms with van der Waals surface area (Å²) in [7, 11) is 0. The van der Waals surface area contributed by atoms with Crippen LogP contribution in [0.4, 0.5) is 11.4 Å². The molecule has 15 heavy (non-hydrogen) atoms. The molecular formula is C11H13BrN2O. The number of nitrogen functional groups attached to an aromatic ring is 1. The van der Waals surface area contributed by atoms with E-state index in [0.29, 0.717) is 12.1 Å². The molecular weight excluding hydrogens is 256 g/mol. The van der Waals surface area contributed by atoms with E-state index in [-0.39, 0.29) is 5.91 Å². The monoisotopic (exact) mass is 268 g/mol. The highest BCUT2D eigenvalue weighted by Crippen LogP contribution is 2.35. The second-order valence-corrected chi connectivity index (χ2v) is 4.58. The molecule has 0 aliphatic carbocycles. The summed E-state index contributed by atoms with van der Waals surface area (Å²) in [6.45, 7) is 2.83. The van der Waals surface area contributed by atoms with Crippen molar-refractivity contribution in [2.45, 2.75) is 19.8 Å². The van der Waals surface area contributed by atoms with E-state index < -0.39 is 0 Å². The second-order valence-electron chi connectivity index (χ2n) is 3.72. The lowest BCUT2D eigenvalue weighted by Gasteiger charge is -2.16. The first-order valence-corrected chi connectivity index (χ1v) is 5.81. The fourth-order valence-electron chi connectivity index (χ4n) is 1.87. The van der Waals surface area contributed by atoms with Crippen molar-refractivity contribution in [2.24, 2.45) is 0 Å². The molecule has 0 atom stereocenters. The lowest BCUT2D eigenvalue weighted by atomic mass is 10.1. The molecule has 0 fully saturated rings. The number of nitrogens with zero attached hydrogens (tertiary/aromatic N) is 1. The fraction of sp³-hybridized carbons (Fsp3) is 0.364. The largest absolute Gasteiger partial charge is 0.398 e. The number of rotatable bonds is 2. The Morgan fingerprint density at radius 3 is 2.93 bits per heavy atom. The van der Waals surface area contributed by atoms with Gasteiger partial charge >= 0.3 is 0 Å². The van der Waals surface area contributed by atoms with E-state index in [1.807, 2.05) is 17.0 Å². The topological polar surface area (TPSA) is 46.3 Å². The highest BCUT2D eigenvalue weighted by atomic mass is 79.9. The van der Waals surface area contributed by atoms with Crippen LogP contribution in [0.25, 0.3) is 0 Å². The summed E-state index contributed by atoms with van der Waals surface area (Å²) in [5.74, 6) is 0.171. The lowest BCUT2D eigenvalue weighted by Crippen LogP contribution is -2.27. The number of nitrogens with two attached hydrogens (primary N) is 1. The van der Waals surface area contributed by atoms with Crippen LogP contribution >= 0.6 is 15.9 Å². The SMILES string of the molecule is CCCN1C(=O)Cc2cc(Br)c(N)cc21. The van der Waals surface area contributed by atoms with E-state index in [2.05, 4.69) is 22.9 Å². The average Bonchev–Trinajstić information content (AvgIpc) is 2.46. The van der Waals surface area contributed by atoms with Gasteiger partial charge in [0.05, 0.1) is 6.42 Å². The van der Waals surface area contributed by atoms with Crippen molar-refractivity contribution in [3.8, 4) is 0 Å². The Bertz CT molecular complexity index is 417. The van der Waals surface area contributed by atoms with E-state index >= 15 is 0 Å². The minimum Gasteiger partial charge on any atom is -0.398 e. The number of carbonyl (C=O) groups excluding carboxylic acids is 1. The van der Waals surface area contributed by atoms with Crippen LogP contribution < -0.4 is 10.6 Å². The predicted molar refractivity (Wildman–Crippen MR) is 64.9 cm³/mol. The third kappa shape index (κ3) is 1.74. The van der Waals surface area contributed by atoms with Crippen molar-refractivity contribution in [2.75, 3.05) is 17.2 Å². The number of amides is 1. The van der Waals surface area contributed by atoms with Crippen LogP contribution in [0.3, 0.4) is 0 Å². The minimum absolute atomic E-state index is 0.171. The molecule has 0 radical (unpaired) electrons. The molecule has 2 rings (SSSR count). The summed E-state index contributed by atoms with van der Waals surface area (Å²) >= 11 is 3.37. The summed E-state index contributed by atoms with van der Waals surface area (Å²) in [6.07, 6.45) is 1.45. The molecule has 0 bridgehead atoms. The van der Waals surface area contributed by atoms with Gasteiger partial charge in [0.2, 0.25) is 5.91 Å². The van der Waals surface area contributed by atoms with Crippen LogP contribution in [0, 0.1) is 0 Å². The summed E-state index contributed by atoms with van der Waals surface area (Å²) in [5.41, 5.74) is 8.54. The summed E-state index contributed by atoms with van der Waals surface area (Å²) in [6, 6.07) is 3.82. The zero-order valence-electron chi connectivity index (χ0n) is 8.59. The quantitative estimate of drug-likeness (QED) is 0.837. The number of carbonyl (C=O) groups is 1. The van der Waals surface area contributed by atoms with Gasteiger partial charge in [-0.25, -0.2) is 0 Å². The molecule has 0 unspecified atom stereocenters. The number of hydrogen-bond donors (Lipinski definition) is 1. The van der Waals surface area contributed by atoms with Crippen LogP contribution in [0.5, 0.6) is 0 Å². The van der Waals surface area contributed by atoms with E-state index in [0.717, 1.165) is 28.7 Å². The minimum atomic E-state index is 0.171. The number of anilines is 2. The second kappa shape index (κ2) is 3.85. The Balaban J connectivity index is 2.44. The first kappa shape index (κ1) is 10.5. The van der Waals surface area contributed by atoms with Crippen molar-refractivity contribution in [3.63, 3.8) is 0 Å². The molecule has 1 amide bonds. The Morgan fingerprint density at radius 1 is 1.53 bits per heavy atom. The molecule has 0 spiro atoms. The Morgan fingerprint density at radius 2 is 2.27 bits per heavy atom. The van der Waals surface area contributed by atoms with Gasteiger partial charge in [-0.3, -0.25) is 4.79 Å². The predicted octanol–water partition coefficient (Wildman–Crippen LogP) is 2.33. The highest BCUT2D eigenvalue weighted by molar-refractivity contribution is 9.10. The number of fused-ring (bicyclic) bond motifs is 1. The van der Waals surface area contributed by atoms with Gasteiger partial charge in [0.1, 0.15) is 0 Å². The van der Waals surface area contributed by atoms with Gasteiger partial charge in [0.25, 0.3) is 0 Å². The molecule has 0 aromatic heterocycles. The van der Waals surface area contributed by atoms with Crippen LogP contribution in [-0.2, 0) is 11.2 Å². The van der Waals surface area contributed by atoms with Gasteiger partial charge in [0.15, 0.2) is 0 Å². The molecule has 4 heteroatoms. The van der Waals surface area contributed by atoms with Gasteiger partial charge in [0, 0.05) is 22.4 Å². The lowest BCUT2D eigenvalue weighted by molar-refractivity contribution is -0.117. The molecule has 1 heterocycles. The van der Waals surface area contributed by atoms with Crippen molar-refractivity contribution in [3.05, 3.63) is 22.2 Å². The summed E-state index contributed by atoms with van der Waals surface area (Å²) in [5, 5.41) is 0.